The van der Waals surface area contributed by atoms with Crippen molar-refractivity contribution >= 4 is 16.9 Å². The van der Waals surface area contributed by atoms with Gasteiger partial charge < -0.3 is 10.5 Å². The number of carbonyl (C=O) groups excluding carboxylic acids is 1. The van der Waals surface area contributed by atoms with Crippen LogP contribution in [0.3, 0.4) is 0 Å². The number of ether oxygens (including phenoxy) is 1. The highest BCUT2D eigenvalue weighted by Crippen LogP contribution is 2.22. The highest BCUT2D eigenvalue weighted by atomic mass is 16.5. The molecule has 3 aromatic rings. The van der Waals surface area contributed by atoms with Crippen molar-refractivity contribution < 1.29 is 9.53 Å². The number of nitrogens with zero attached hydrogens (tertiary/aromatic N) is 2. The topological polar surface area (TPSA) is 70.1 Å². The smallest absolute Gasteiger partial charge is 0.258 e. The number of primary amides is 1. The fraction of sp³-hybridized carbons (Fsp3) is 0.125. The van der Waals surface area contributed by atoms with Crippen molar-refractivity contribution in [2.75, 3.05) is 0 Å². The number of para-hydroxylation sites is 2. The van der Waals surface area contributed by atoms with Crippen LogP contribution >= 0.6 is 0 Å². The van der Waals surface area contributed by atoms with Crippen LogP contribution in [0.4, 0.5) is 0 Å². The average Bonchev–Trinajstić information content (AvgIpc) is 2.91. The summed E-state index contributed by atoms with van der Waals surface area (Å²) in [6, 6.07) is 15.4. The Morgan fingerprint density at radius 1 is 1.24 bits per heavy atom. The molecule has 1 atom stereocenters. The number of nitrogens with two attached hydrogens (primary N) is 1. The maximum absolute atomic E-state index is 11.1. The van der Waals surface area contributed by atoms with Crippen LogP contribution in [0.2, 0.25) is 0 Å². The Balaban J connectivity index is 1.98. The van der Waals surface area contributed by atoms with E-state index in [0.717, 1.165) is 16.7 Å². The lowest BCUT2D eigenvalue weighted by Gasteiger charge is -2.12. The minimum absolute atomic E-state index is 0.492. The van der Waals surface area contributed by atoms with Crippen molar-refractivity contribution in [1.29, 1.82) is 0 Å². The summed E-state index contributed by atoms with van der Waals surface area (Å²) >= 11 is 0. The molecule has 1 aromatic heterocycles. The second kappa shape index (κ2) is 5.28. The maximum atomic E-state index is 11.1. The molecule has 1 amide bonds. The Morgan fingerprint density at radius 3 is 2.86 bits per heavy atom. The Bertz CT molecular complexity index is 795. The van der Waals surface area contributed by atoms with Gasteiger partial charge >= 0.3 is 0 Å². The summed E-state index contributed by atoms with van der Waals surface area (Å²) in [7, 11) is 0. The van der Waals surface area contributed by atoms with Crippen molar-refractivity contribution in [2.45, 2.75) is 13.0 Å². The molecule has 0 fully saturated rings. The van der Waals surface area contributed by atoms with Gasteiger partial charge in [-0.2, -0.15) is 0 Å². The Morgan fingerprint density at radius 2 is 2.05 bits per heavy atom. The van der Waals surface area contributed by atoms with E-state index >= 15 is 0 Å². The first-order chi connectivity index (χ1) is 10.1. The lowest BCUT2D eigenvalue weighted by molar-refractivity contribution is -0.123. The molecule has 0 unspecified atom stereocenters. The number of benzene rings is 2. The molecular formula is C16H15N3O2. The largest absolute Gasteiger partial charge is 0.481 e. The predicted octanol–water partition coefficient (Wildman–Crippen LogP) is 2.28. The van der Waals surface area contributed by atoms with Gasteiger partial charge in [0.2, 0.25) is 0 Å². The summed E-state index contributed by atoms with van der Waals surface area (Å²) < 4.78 is 7.49. The van der Waals surface area contributed by atoms with E-state index in [-0.39, 0.29) is 0 Å². The van der Waals surface area contributed by atoms with E-state index in [2.05, 4.69) is 4.98 Å². The molecule has 21 heavy (non-hydrogen) atoms. The zero-order valence-corrected chi connectivity index (χ0v) is 11.6. The van der Waals surface area contributed by atoms with Crippen LogP contribution in [-0.2, 0) is 4.79 Å². The molecule has 2 N–H and O–H groups in total. The van der Waals surface area contributed by atoms with Crippen LogP contribution in [-0.4, -0.2) is 21.6 Å². The number of amides is 1. The molecule has 2 aromatic carbocycles. The summed E-state index contributed by atoms with van der Waals surface area (Å²) in [6.07, 6.45) is 1.10. The van der Waals surface area contributed by atoms with Crippen LogP contribution in [0.5, 0.6) is 5.75 Å². The van der Waals surface area contributed by atoms with Gasteiger partial charge in [0, 0.05) is 6.07 Å². The van der Waals surface area contributed by atoms with Crippen molar-refractivity contribution in [3.8, 4) is 11.4 Å². The number of fused-ring (bicyclic) bond motifs is 1. The fourth-order valence-electron chi connectivity index (χ4n) is 2.13. The van der Waals surface area contributed by atoms with Crippen LogP contribution < -0.4 is 10.5 Å². The van der Waals surface area contributed by atoms with Crippen molar-refractivity contribution in [2.24, 2.45) is 5.73 Å². The van der Waals surface area contributed by atoms with E-state index in [9.17, 15) is 4.79 Å². The predicted molar refractivity (Wildman–Crippen MR) is 80.4 cm³/mol. The van der Waals surface area contributed by atoms with Crippen molar-refractivity contribution in [3.63, 3.8) is 0 Å². The van der Waals surface area contributed by atoms with Crippen molar-refractivity contribution in [3.05, 3.63) is 54.9 Å². The Kier molecular flexibility index (Phi) is 3.31. The first kappa shape index (κ1) is 13.2. The first-order valence-corrected chi connectivity index (χ1v) is 6.63. The van der Waals surface area contributed by atoms with Gasteiger partial charge in [0.1, 0.15) is 12.1 Å². The number of rotatable bonds is 4. The second-order valence-corrected chi connectivity index (χ2v) is 4.76. The first-order valence-electron chi connectivity index (χ1n) is 6.63. The third-order valence-electron chi connectivity index (χ3n) is 3.26. The number of hydrogen-bond acceptors (Lipinski definition) is 3. The molecule has 5 nitrogen and oxygen atoms in total. The molecule has 0 aliphatic heterocycles. The minimum Gasteiger partial charge on any atom is -0.481 e. The van der Waals surface area contributed by atoms with Gasteiger partial charge in [-0.3, -0.25) is 9.36 Å². The summed E-state index contributed by atoms with van der Waals surface area (Å²) in [6.45, 7) is 1.63. The summed E-state index contributed by atoms with van der Waals surface area (Å²) in [5.74, 6) is 0.102. The van der Waals surface area contributed by atoms with Crippen LogP contribution in [0.15, 0.2) is 54.9 Å². The van der Waals surface area contributed by atoms with Crippen LogP contribution in [0.25, 0.3) is 16.7 Å². The van der Waals surface area contributed by atoms with E-state index in [4.69, 9.17) is 10.5 Å². The zero-order chi connectivity index (χ0) is 14.8. The summed E-state index contributed by atoms with van der Waals surface area (Å²) in [5.41, 5.74) is 8.06. The van der Waals surface area contributed by atoms with E-state index < -0.39 is 12.0 Å². The molecule has 1 heterocycles. The maximum Gasteiger partial charge on any atom is 0.258 e. The molecule has 0 radical (unpaired) electrons. The lowest BCUT2D eigenvalue weighted by atomic mass is 10.2. The van der Waals surface area contributed by atoms with Crippen molar-refractivity contribution in [1.82, 2.24) is 9.55 Å². The molecule has 0 saturated heterocycles. The number of aromatic nitrogens is 2. The highest BCUT2D eigenvalue weighted by molar-refractivity contribution is 5.79. The third-order valence-corrected chi connectivity index (χ3v) is 3.26. The quantitative estimate of drug-likeness (QED) is 0.797. The summed E-state index contributed by atoms with van der Waals surface area (Å²) in [4.78, 5) is 15.4. The zero-order valence-electron chi connectivity index (χ0n) is 11.6. The van der Waals surface area contributed by atoms with E-state index in [1.165, 1.54) is 0 Å². The average molecular weight is 281 g/mol. The number of hydrogen-bond donors (Lipinski definition) is 1. The Hall–Kier alpha value is -2.82. The van der Waals surface area contributed by atoms with Gasteiger partial charge in [-0.1, -0.05) is 18.2 Å². The number of carbonyl (C=O) groups is 1. The molecular weight excluding hydrogens is 266 g/mol. The molecule has 0 bridgehead atoms. The summed E-state index contributed by atoms with van der Waals surface area (Å²) in [5, 5.41) is 0. The highest BCUT2D eigenvalue weighted by Gasteiger charge is 2.11. The van der Waals surface area contributed by atoms with Gasteiger partial charge in [-0.15, -0.1) is 0 Å². The molecule has 0 saturated carbocycles. The molecule has 0 aliphatic carbocycles. The molecule has 5 heteroatoms. The Labute approximate surface area is 122 Å². The second-order valence-electron chi connectivity index (χ2n) is 4.76. The van der Waals surface area contributed by atoms with Gasteiger partial charge in [0.15, 0.2) is 6.10 Å². The van der Waals surface area contributed by atoms with E-state index in [0.29, 0.717) is 5.75 Å². The normalized spacial score (nSPS) is 12.2. The molecule has 0 spiro atoms. The monoisotopic (exact) mass is 281 g/mol. The SMILES string of the molecule is C[C@H](Oc1cccc(-n2cnc3ccccc32)c1)C(N)=O. The molecule has 0 aliphatic rings. The standard InChI is InChI=1S/C16H15N3O2/c1-11(16(17)20)21-13-6-4-5-12(9-13)19-10-18-14-7-2-3-8-15(14)19/h2-11H,1H3,(H2,17,20)/t11-/m0/s1. The van der Waals surface area contributed by atoms with Gasteiger partial charge in [0.05, 0.1) is 16.7 Å². The van der Waals surface area contributed by atoms with E-state index in [1.807, 2.05) is 47.0 Å². The van der Waals surface area contributed by atoms with E-state index in [1.54, 1.807) is 19.3 Å². The molecule has 106 valence electrons. The minimum atomic E-state index is -0.667. The van der Waals surface area contributed by atoms with Crippen LogP contribution in [0, 0.1) is 0 Å². The van der Waals surface area contributed by atoms with Gasteiger partial charge in [-0.05, 0) is 31.2 Å². The molecule has 3 rings (SSSR count). The third kappa shape index (κ3) is 2.58. The van der Waals surface area contributed by atoms with Gasteiger partial charge in [0.25, 0.3) is 5.91 Å². The van der Waals surface area contributed by atoms with Crippen LogP contribution in [0.1, 0.15) is 6.92 Å². The fourth-order valence-corrected chi connectivity index (χ4v) is 2.13. The van der Waals surface area contributed by atoms with Gasteiger partial charge in [-0.25, -0.2) is 4.98 Å². The number of imidazole rings is 1. The lowest BCUT2D eigenvalue weighted by Crippen LogP contribution is -2.30.